The summed E-state index contributed by atoms with van der Waals surface area (Å²) in [7, 11) is 2.05. The molecule has 3 unspecified atom stereocenters. The van der Waals surface area contributed by atoms with Gasteiger partial charge in [0.1, 0.15) is 0 Å². The van der Waals surface area contributed by atoms with E-state index >= 15 is 0 Å². The van der Waals surface area contributed by atoms with E-state index in [2.05, 4.69) is 54.1 Å². The van der Waals surface area contributed by atoms with Crippen LogP contribution in [0, 0.1) is 5.92 Å². The molecule has 0 saturated carbocycles. The average molecular weight is 349 g/mol. The molecule has 2 aromatic carbocycles. The molecule has 1 heterocycles. The maximum atomic E-state index is 6.22. The van der Waals surface area contributed by atoms with E-state index in [4.69, 9.17) is 23.2 Å². The second-order valence-corrected chi connectivity index (χ2v) is 7.00. The molecule has 0 aromatic heterocycles. The van der Waals surface area contributed by atoms with E-state index in [1.807, 2.05) is 12.1 Å². The monoisotopic (exact) mass is 348 g/mol. The van der Waals surface area contributed by atoms with Gasteiger partial charge in [-0.1, -0.05) is 59.6 Å². The van der Waals surface area contributed by atoms with Crippen molar-refractivity contribution in [2.45, 2.75) is 18.4 Å². The molecule has 1 aliphatic rings. The molecule has 3 rings (SSSR count). The zero-order chi connectivity index (χ0) is 16.2. The van der Waals surface area contributed by atoms with Crippen molar-refractivity contribution in [2.75, 3.05) is 20.1 Å². The summed E-state index contributed by atoms with van der Waals surface area (Å²) in [6, 6.07) is 17.1. The highest BCUT2D eigenvalue weighted by atomic mass is 35.5. The first kappa shape index (κ1) is 16.8. The Morgan fingerprint density at radius 1 is 1.09 bits per heavy atom. The van der Waals surface area contributed by atoms with E-state index in [-0.39, 0.29) is 0 Å². The third-order valence-corrected chi connectivity index (χ3v) is 5.56. The van der Waals surface area contributed by atoms with Crippen molar-refractivity contribution in [2.24, 2.45) is 5.92 Å². The minimum atomic E-state index is 0.423. The first-order valence-electron chi connectivity index (χ1n) is 8.06. The van der Waals surface area contributed by atoms with Crippen LogP contribution in [0.4, 0.5) is 0 Å². The van der Waals surface area contributed by atoms with E-state index in [0.717, 1.165) is 19.5 Å². The third kappa shape index (κ3) is 3.89. The van der Waals surface area contributed by atoms with Crippen LogP contribution in [0.2, 0.25) is 10.0 Å². The van der Waals surface area contributed by atoms with Crippen LogP contribution in [-0.4, -0.2) is 26.2 Å². The summed E-state index contributed by atoms with van der Waals surface area (Å²) in [5, 5.41) is 8.31. The van der Waals surface area contributed by atoms with Crippen LogP contribution in [0.15, 0.2) is 48.5 Å². The van der Waals surface area contributed by atoms with E-state index in [9.17, 15) is 0 Å². The Balaban J connectivity index is 1.80. The van der Waals surface area contributed by atoms with Gasteiger partial charge in [-0.15, -0.1) is 0 Å². The molecule has 0 spiro atoms. The van der Waals surface area contributed by atoms with Crippen molar-refractivity contribution < 1.29 is 0 Å². The van der Waals surface area contributed by atoms with Crippen molar-refractivity contribution in [3.05, 3.63) is 69.7 Å². The van der Waals surface area contributed by atoms with Crippen molar-refractivity contribution in [1.29, 1.82) is 0 Å². The molecule has 0 bridgehead atoms. The first-order chi connectivity index (χ1) is 11.2. The lowest BCUT2D eigenvalue weighted by molar-refractivity contribution is 0.365. The number of hydrogen-bond acceptors (Lipinski definition) is 2. The van der Waals surface area contributed by atoms with Gasteiger partial charge in [-0.2, -0.15) is 0 Å². The van der Waals surface area contributed by atoms with Crippen LogP contribution in [-0.2, 0) is 6.42 Å². The van der Waals surface area contributed by atoms with Crippen LogP contribution >= 0.6 is 23.2 Å². The molecule has 1 saturated heterocycles. The third-order valence-electron chi connectivity index (χ3n) is 4.82. The number of nitrogens with one attached hydrogen (secondary N) is 2. The summed E-state index contributed by atoms with van der Waals surface area (Å²) in [5.41, 5.74) is 2.63. The SMILES string of the molecule is CNC(Cc1ccccc1)C1CNCC1c1ccc(Cl)c(Cl)c1. The Morgan fingerprint density at radius 2 is 1.87 bits per heavy atom. The van der Waals surface area contributed by atoms with Crippen molar-refractivity contribution >= 4 is 23.2 Å². The number of halogens is 2. The fraction of sp³-hybridized carbons (Fsp3) is 0.368. The Bertz CT molecular complexity index is 645. The molecular weight excluding hydrogens is 327 g/mol. The van der Waals surface area contributed by atoms with Crippen LogP contribution in [0.25, 0.3) is 0 Å². The second kappa shape index (κ2) is 7.67. The summed E-state index contributed by atoms with van der Waals surface area (Å²) >= 11 is 12.3. The molecule has 2 nitrogen and oxygen atoms in total. The van der Waals surface area contributed by atoms with Gasteiger partial charge < -0.3 is 10.6 Å². The van der Waals surface area contributed by atoms with Crippen LogP contribution < -0.4 is 10.6 Å². The molecule has 2 aromatic rings. The molecule has 2 N–H and O–H groups in total. The van der Waals surface area contributed by atoms with Crippen LogP contribution in [0.1, 0.15) is 17.0 Å². The number of hydrogen-bond donors (Lipinski definition) is 2. The van der Waals surface area contributed by atoms with Gasteiger partial charge in [0.15, 0.2) is 0 Å². The lowest BCUT2D eigenvalue weighted by Crippen LogP contribution is -2.39. The van der Waals surface area contributed by atoms with Gasteiger partial charge in [0.2, 0.25) is 0 Å². The van der Waals surface area contributed by atoms with Gasteiger partial charge >= 0.3 is 0 Å². The molecule has 0 aliphatic carbocycles. The minimum Gasteiger partial charge on any atom is -0.316 e. The molecule has 3 atom stereocenters. The zero-order valence-corrected chi connectivity index (χ0v) is 14.7. The Labute approximate surface area is 148 Å². The quantitative estimate of drug-likeness (QED) is 0.848. The van der Waals surface area contributed by atoms with Gasteiger partial charge in [0.25, 0.3) is 0 Å². The number of rotatable bonds is 5. The topological polar surface area (TPSA) is 24.1 Å². The van der Waals surface area contributed by atoms with Crippen molar-refractivity contribution in [1.82, 2.24) is 10.6 Å². The van der Waals surface area contributed by atoms with E-state index in [0.29, 0.717) is 27.9 Å². The molecule has 1 aliphatic heterocycles. The van der Waals surface area contributed by atoms with Crippen LogP contribution in [0.3, 0.4) is 0 Å². The van der Waals surface area contributed by atoms with Gasteiger partial charge in [0, 0.05) is 25.0 Å². The summed E-state index contributed by atoms with van der Waals surface area (Å²) < 4.78 is 0. The highest BCUT2D eigenvalue weighted by molar-refractivity contribution is 6.42. The Hall–Kier alpha value is -1.06. The fourth-order valence-corrected chi connectivity index (χ4v) is 3.87. The van der Waals surface area contributed by atoms with Gasteiger partial charge in [-0.3, -0.25) is 0 Å². The standard InChI is InChI=1S/C19H22Cl2N2/c1-22-19(9-13-5-3-2-4-6-13)16-12-23-11-15(16)14-7-8-17(20)18(21)10-14/h2-8,10,15-16,19,22-23H,9,11-12H2,1H3. The largest absolute Gasteiger partial charge is 0.316 e. The van der Waals surface area contributed by atoms with E-state index in [1.54, 1.807) is 0 Å². The Kier molecular flexibility index (Phi) is 5.60. The molecule has 23 heavy (non-hydrogen) atoms. The van der Waals surface area contributed by atoms with Gasteiger partial charge in [-0.05, 0) is 42.6 Å². The predicted octanol–water partition coefficient (Wildman–Crippen LogP) is 4.13. The summed E-state index contributed by atoms with van der Waals surface area (Å²) in [5.74, 6) is 0.975. The molecule has 4 heteroatoms. The fourth-order valence-electron chi connectivity index (χ4n) is 3.57. The highest BCUT2D eigenvalue weighted by Gasteiger charge is 2.34. The Morgan fingerprint density at radius 3 is 2.57 bits per heavy atom. The first-order valence-corrected chi connectivity index (χ1v) is 8.81. The zero-order valence-electron chi connectivity index (χ0n) is 13.2. The van der Waals surface area contributed by atoms with Crippen molar-refractivity contribution in [3.8, 4) is 0 Å². The average Bonchev–Trinajstić information content (AvgIpc) is 3.05. The van der Waals surface area contributed by atoms with Crippen LogP contribution in [0.5, 0.6) is 0 Å². The lowest BCUT2D eigenvalue weighted by Gasteiger charge is -2.28. The highest BCUT2D eigenvalue weighted by Crippen LogP contribution is 2.34. The number of likely N-dealkylation sites (N-methyl/N-ethyl adjacent to an activating group) is 1. The van der Waals surface area contributed by atoms with Crippen molar-refractivity contribution in [3.63, 3.8) is 0 Å². The molecule has 0 amide bonds. The normalized spacial score (nSPS) is 22.2. The van der Waals surface area contributed by atoms with E-state index in [1.165, 1.54) is 11.1 Å². The summed E-state index contributed by atoms with van der Waals surface area (Å²) in [6.07, 6.45) is 1.03. The number of benzene rings is 2. The maximum Gasteiger partial charge on any atom is 0.0595 e. The molecule has 0 radical (unpaired) electrons. The van der Waals surface area contributed by atoms with Gasteiger partial charge in [0.05, 0.1) is 10.0 Å². The van der Waals surface area contributed by atoms with E-state index < -0.39 is 0 Å². The summed E-state index contributed by atoms with van der Waals surface area (Å²) in [6.45, 7) is 2.00. The molecule has 1 fully saturated rings. The molecule has 122 valence electrons. The summed E-state index contributed by atoms with van der Waals surface area (Å²) in [4.78, 5) is 0. The van der Waals surface area contributed by atoms with Gasteiger partial charge in [-0.25, -0.2) is 0 Å². The minimum absolute atomic E-state index is 0.423. The predicted molar refractivity (Wildman–Crippen MR) is 98.6 cm³/mol. The smallest absolute Gasteiger partial charge is 0.0595 e. The second-order valence-electron chi connectivity index (χ2n) is 6.19. The molecular formula is C19H22Cl2N2. The lowest BCUT2D eigenvalue weighted by atomic mass is 9.81. The maximum absolute atomic E-state index is 6.22.